The molecule has 1 aromatic rings. The molecule has 3 nitrogen and oxygen atoms in total. The number of rotatable bonds is 1. The van der Waals surface area contributed by atoms with Crippen LogP contribution in [0.25, 0.3) is 0 Å². The van der Waals surface area contributed by atoms with Crippen molar-refractivity contribution in [2.45, 2.75) is 12.3 Å². The smallest absolute Gasteiger partial charge is 0.314 e. The lowest BCUT2D eigenvalue weighted by molar-refractivity contribution is -0.146. The zero-order valence-corrected chi connectivity index (χ0v) is 10.1. The van der Waals surface area contributed by atoms with Gasteiger partial charge >= 0.3 is 5.97 Å². The fraction of sp³-hybridized carbons (Fsp3) is 0.583. The molecule has 0 saturated carbocycles. The van der Waals surface area contributed by atoms with Crippen LogP contribution in [-0.2, 0) is 9.53 Å². The van der Waals surface area contributed by atoms with Crippen LogP contribution in [0.2, 0.25) is 0 Å². The fourth-order valence-corrected chi connectivity index (χ4v) is 3.96. The summed E-state index contributed by atoms with van der Waals surface area (Å²) < 4.78 is 5.21. The number of likely N-dealkylation sites (N-methyl/N-ethyl adjacent to an activating group) is 1. The predicted molar refractivity (Wildman–Crippen MR) is 62.6 cm³/mol. The number of thiophene rings is 1. The molecule has 0 aliphatic carbocycles. The first-order chi connectivity index (χ1) is 7.72. The first-order valence-electron chi connectivity index (χ1n) is 5.61. The van der Waals surface area contributed by atoms with Crippen LogP contribution in [0.3, 0.4) is 0 Å². The Morgan fingerprint density at radius 1 is 1.62 bits per heavy atom. The van der Waals surface area contributed by atoms with Crippen molar-refractivity contribution in [2.24, 2.45) is 5.41 Å². The highest BCUT2D eigenvalue weighted by molar-refractivity contribution is 7.10. The lowest BCUT2D eigenvalue weighted by Gasteiger charge is -2.24. The molecule has 86 valence electrons. The van der Waals surface area contributed by atoms with Gasteiger partial charge in [0.25, 0.3) is 0 Å². The molecule has 4 heteroatoms. The molecule has 2 aliphatic rings. The molecule has 1 spiro atoms. The van der Waals surface area contributed by atoms with Gasteiger partial charge in [-0.2, -0.15) is 0 Å². The minimum absolute atomic E-state index is 0.00949. The van der Waals surface area contributed by atoms with Gasteiger partial charge in [0.2, 0.25) is 0 Å². The van der Waals surface area contributed by atoms with E-state index in [1.54, 1.807) is 11.3 Å². The van der Waals surface area contributed by atoms with E-state index in [1.165, 1.54) is 4.88 Å². The van der Waals surface area contributed by atoms with Gasteiger partial charge < -0.3 is 9.64 Å². The number of esters is 1. The van der Waals surface area contributed by atoms with Gasteiger partial charge in [-0.1, -0.05) is 6.07 Å². The van der Waals surface area contributed by atoms with Crippen LogP contribution in [-0.4, -0.2) is 37.6 Å². The fourth-order valence-electron chi connectivity index (χ4n) is 3.03. The van der Waals surface area contributed by atoms with E-state index in [0.29, 0.717) is 12.5 Å². The van der Waals surface area contributed by atoms with E-state index in [4.69, 9.17) is 4.74 Å². The second-order valence-corrected chi connectivity index (χ2v) is 5.79. The topological polar surface area (TPSA) is 29.5 Å². The summed E-state index contributed by atoms with van der Waals surface area (Å²) in [6.45, 7) is 2.40. The van der Waals surface area contributed by atoms with E-state index < -0.39 is 0 Å². The van der Waals surface area contributed by atoms with Crippen molar-refractivity contribution in [3.05, 3.63) is 22.4 Å². The third-order valence-corrected chi connectivity index (χ3v) is 4.77. The number of nitrogens with zero attached hydrogens (tertiary/aromatic N) is 1. The molecule has 0 aromatic carbocycles. The van der Waals surface area contributed by atoms with Crippen molar-refractivity contribution in [3.63, 3.8) is 0 Å². The van der Waals surface area contributed by atoms with Gasteiger partial charge in [0.1, 0.15) is 0 Å². The second-order valence-electron chi connectivity index (χ2n) is 4.81. The van der Waals surface area contributed by atoms with Gasteiger partial charge in [-0.25, -0.2) is 0 Å². The van der Waals surface area contributed by atoms with Gasteiger partial charge in [0, 0.05) is 23.9 Å². The standard InChI is InChI=1S/C12H15NO2S/c1-13-7-9(10-3-2-6-16-10)12(8-13)4-5-15-11(12)14/h2-3,6,9H,4-5,7-8H2,1H3/t9-,12+/m0/s1. The third kappa shape index (κ3) is 1.33. The van der Waals surface area contributed by atoms with Gasteiger partial charge in [0.15, 0.2) is 0 Å². The molecule has 0 bridgehead atoms. The summed E-state index contributed by atoms with van der Waals surface area (Å²) in [4.78, 5) is 15.6. The Labute approximate surface area is 99.0 Å². The Kier molecular flexibility index (Phi) is 2.30. The monoisotopic (exact) mass is 237 g/mol. The maximum absolute atomic E-state index is 12.0. The maximum Gasteiger partial charge on any atom is 0.314 e. The van der Waals surface area contributed by atoms with Gasteiger partial charge in [-0.3, -0.25) is 4.79 Å². The summed E-state index contributed by atoms with van der Waals surface area (Å²) in [6, 6.07) is 4.20. The molecule has 2 fully saturated rings. The van der Waals surface area contributed by atoms with E-state index in [9.17, 15) is 4.79 Å². The Hall–Kier alpha value is -0.870. The molecular weight excluding hydrogens is 222 g/mol. The molecule has 2 saturated heterocycles. The number of cyclic esters (lactones) is 1. The Morgan fingerprint density at radius 2 is 2.50 bits per heavy atom. The first-order valence-corrected chi connectivity index (χ1v) is 6.49. The zero-order valence-electron chi connectivity index (χ0n) is 9.31. The number of likely N-dealkylation sites (tertiary alicyclic amines) is 1. The highest BCUT2D eigenvalue weighted by Gasteiger charge is 2.55. The first kappa shape index (κ1) is 10.3. The van der Waals surface area contributed by atoms with Crippen molar-refractivity contribution >= 4 is 17.3 Å². The van der Waals surface area contributed by atoms with Crippen molar-refractivity contribution in [2.75, 3.05) is 26.7 Å². The molecular formula is C12H15NO2S. The van der Waals surface area contributed by atoms with Crippen LogP contribution in [0.15, 0.2) is 17.5 Å². The Bertz CT molecular complexity index is 403. The van der Waals surface area contributed by atoms with Crippen LogP contribution in [0, 0.1) is 5.41 Å². The predicted octanol–water partition coefficient (Wildman–Crippen LogP) is 1.71. The quantitative estimate of drug-likeness (QED) is 0.696. The summed E-state index contributed by atoms with van der Waals surface area (Å²) in [6.07, 6.45) is 0.874. The minimum Gasteiger partial charge on any atom is -0.465 e. The van der Waals surface area contributed by atoms with E-state index >= 15 is 0 Å². The second kappa shape index (κ2) is 3.57. The van der Waals surface area contributed by atoms with Crippen LogP contribution < -0.4 is 0 Å². The van der Waals surface area contributed by atoms with E-state index in [0.717, 1.165) is 19.5 Å². The van der Waals surface area contributed by atoms with Crippen molar-refractivity contribution in [1.82, 2.24) is 4.90 Å². The van der Waals surface area contributed by atoms with Crippen molar-refractivity contribution in [3.8, 4) is 0 Å². The lowest BCUT2D eigenvalue weighted by atomic mass is 9.76. The number of hydrogen-bond acceptors (Lipinski definition) is 4. The molecule has 2 aliphatic heterocycles. The lowest BCUT2D eigenvalue weighted by Crippen LogP contribution is -2.33. The average Bonchev–Trinajstić information content (AvgIpc) is 2.91. The van der Waals surface area contributed by atoms with Crippen LogP contribution in [0.5, 0.6) is 0 Å². The Balaban J connectivity index is 2.00. The molecule has 0 amide bonds. The number of ether oxygens (including phenoxy) is 1. The Morgan fingerprint density at radius 3 is 3.12 bits per heavy atom. The van der Waals surface area contributed by atoms with Crippen molar-refractivity contribution in [1.29, 1.82) is 0 Å². The molecule has 3 rings (SSSR count). The largest absolute Gasteiger partial charge is 0.465 e. The molecule has 0 unspecified atom stereocenters. The molecule has 1 aromatic heterocycles. The van der Waals surface area contributed by atoms with Crippen LogP contribution >= 0.6 is 11.3 Å². The highest BCUT2D eigenvalue weighted by atomic mass is 32.1. The summed E-state index contributed by atoms with van der Waals surface area (Å²) in [5.41, 5.74) is -0.264. The van der Waals surface area contributed by atoms with Crippen LogP contribution in [0.1, 0.15) is 17.2 Å². The number of hydrogen-bond donors (Lipinski definition) is 0. The van der Waals surface area contributed by atoms with E-state index in [-0.39, 0.29) is 11.4 Å². The number of carbonyl (C=O) groups excluding carboxylic acids is 1. The normalized spacial score (nSPS) is 34.8. The van der Waals surface area contributed by atoms with E-state index in [1.807, 2.05) is 0 Å². The minimum atomic E-state index is -0.264. The maximum atomic E-state index is 12.0. The highest BCUT2D eigenvalue weighted by Crippen LogP contribution is 2.49. The summed E-state index contributed by atoms with van der Waals surface area (Å²) in [5, 5.41) is 2.08. The SMILES string of the molecule is CN1C[C@@H](c2cccs2)[C@@]2(CCOC2=O)C1. The molecule has 3 heterocycles. The summed E-state index contributed by atoms with van der Waals surface area (Å²) in [5.74, 6) is 0.336. The summed E-state index contributed by atoms with van der Waals surface area (Å²) >= 11 is 1.75. The molecule has 0 N–H and O–H groups in total. The van der Waals surface area contributed by atoms with Crippen molar-refractivity contribution < 1.29 is 9.53 Å². The number of carbonyl (C=O) groups is 1. The zero-order chi connectivity index (χ0) is 11.2. The van der Waals surface area contributed by atoms with Gasteiger partial charge in [-0.15, -0.1) is 11.3 Å². The van der Waals surface area contributed by atoms with Gasteiger partial charge in [-0.05, 0) is 24.9 Å². The van der Waals surface area contributed by atoms with Crippen LogP contribution in [0.4, 0.5) is 0 Å². The molecule has 2 atom stereocenters. The molecule has 16 heavy (non-hydrogen) atoms. The molecule has 0 radical (unpaired) electrons. The van der Waals surface area contributed by atoms with Gasteiger partial charge in [0.05, 0.1) is 12.0 Å². The average molecular weight is 237 g/mol. The van der Waals surface area contributed by atoms with E-state index in [2.05, 4.69) is 29.5 Å². The summed E-state index contributed by atoms with van der Waals surface area (Å²) in [7, 11) is 2.08. The third-order valence-electron chi connectivity index (χ3n) is 3.79.